The summed E-state index contributed by atoms with van der Waals surface area (Å²) in [5.74, 6) is 4.85. The lowest BCUT2D eigenvalue weighted by molar-refractivity contribution is 0.421. The number of nitrogens with zero attached hydrogens (tertiary/aromatic N) is 1. The Labute approximate surface area is 112 Å². The number of rotatable bonds is 3. The van der Waals surface area contributed by atoms with Gasteiger partial charge in [-0.3, -0.25) is 0 Å². The van der Waals surface area contributed by atoms with Gasteiger partial charge < -0.3 is 10.3 Å². The van der Waals surface area contributed by atoms with Gasteiger partial charge in [0.25, 0.3) is 0 Å². The van der Waals surface area contributed by atoms with Crippen LogP contribution in [-0.2, 0) is 6.54 Å². The second kappa shape index (κ2) is 5.67. The molecule has 0 bridgehead atoms. The molecule has 0 amide bonds. The van der Waals surface area contributed by atoms with Gasteiger partial charge in [-0.1, -0.05) is 0 Å². The fourth-order valence-electron chi connectivity index (χ4n) is 1.64. The Bertz CT molecular complexity index is 351. The quantitative estimate of drug-likeness (QED) is 0.887. The van der Waals surface area contributed by atoms with Crippen molar-refractivity contribution in [3.63, 3.8) is 0 Å². The molecule has 1 aromatic heterocycles. The average molecular weight is 271 g/mol. The van der Waals surface area contributed by atoms with Crippen molar-refractivity contribution in [3.05, 3.63) is 17.7 Å². The minimum Gasteiger partial charge on any atom is -0.344 e. The average Bonchev–Trinajstić information content (AvgIpc) is 2.75. The van der Waals surface area contributed by atoms with E-state index in [0.717, 1.165) is 12.4 Å². The molecule has 1 aliphatic heterocycles. The van der Waals surface area contributed by atoms with Crippen molar-refractivity contribution in [2.75, 3.05) is 17.3 Å². The standard InChI is InChI=1S/C12H21N3S2/c1-12(2,3)14-7-9-6-13-11(15-9)10-8-16-4-5-17-10/h6,10,14H,4-5,7-8H2,1-3H3,(H,13,15). The number of aromatic nitrogens is 2. The minimum absolute atomic E-state index is 0.153. The van der Waals surface area contributed by atoms with Crippen LogP contribution in [0.15, 0.2) is 6.20 Å². The number of nitrogens with one attached hydrogen (secondary N) is 2. The van der Waals surface area contributed by atoms with Crippen molar-refractivity contribution < 1.29 is 0 Å². The van der Waals surface area contributed by atoms with Crippen LogP contribution in [0.4, 0.5) is 0 Å². The van der Waals surface area contributed by atoms with Crippen LogP contribution in [0.3, 0.4) is 0 Å². The van der Waals surface area contributed by atoms with Gasteiger partial charge in [-0.15, -0.1) is 11.8 Å². The summed E-state index contributed by atoms with van der Waals surface area (Å²) in [4.78, 5) is 7.96. The van der Waals surface area contributed by atoms with Gasteiger partial charge in [0.05, 0.1) is 5.25 Å². The van der Waals surface area contributed by atoms with E-state index >= 15 is 0 Å². The van der Waals surface area contributed by atoms with Gasteiger partial charge in [0.1, 0.15) is 5.82 Å². The van der Waals surface area contributed by atoms with Crippen LogP contribution < -0.4 is 5.32 Å². The molecular formula is C12H21N3S2. The number of H-pyrrole nitrogens is 1. The number of hydrogen-bond acceptors (Lipinski definition) is 4. The van der Waals surface area contributed by atoms with Gasteiger partial charge in [-0.2, -0.15) is 11.8 Å². The van der Waals surface area contributed by atoms with Crippen molar-refractivity contribution in [2.24, 2.45) is 0 Å². The lowest BCUT2D eigenvalue weighted by Crippen LogP contribution is -2.35. The van der Waals surface area contributed by atoms with E-state index in [2.05, 4.69) is 36.1 Å². The Balaban J connectivity index is 1.91. The Morgan fingerprint density at radius 3 is 2.94 bits per heavy atom. The Morgan fingerprint density at radius 2 is 2.29 bits per heavy atom. The van der Waals surface area contributed by atoms with Crippen molar-refractivity contribution in [1.82, 2.24) is 15.3 Å². The van der Waals surface area contributed by atoms with Gasteiger partial charge in [0, 0.05) is 41.2 Å². The molecule has 0 aromatic carbocycles. The fourth-order valence-corrected chi connectivity index (χ4v) is 4.27. The highest BCUT2D eigenvalue weighted by atomic mass is 32.2. The fraction of sp³-hybridized carbons (Fsp3) is 0.750. The Kier molecular flexibility index (Phi) is 4.44. The molecule has 1 atom stereocenters. The molecule has 0 spiro atoms. The van der Waals surface area contributed by atoms with Gasteiger partial charge in [0.15, 0.2) is 0 Å². The molecule has 96 valence electrons. The molecule has 2 rings (SSSR count). The second-order valence-corrected chi connectivity index (χ2v) is 7.79. The maximum atomic E-state index is 4.51. The van der Waals surface area contributed by atoms with E-state index in [1.165, 1.54) is 23.0 Å². The highest BCUT2D eigenvalue weighted by Gasteiger charge is 2.19. The number of imidazole rings is 1. The molecule has 1 aromatic rings. The van der Waals surface area contributed by atoms with Crippen LogP contribution in [0, 0.1) is 0 Å². The van der Waals surface area contributed by atoms with Gasteiger partial charge in [0.2, 0.25) is 0 Å². The third-order valence-electron chi connectivity index (χ3n) is 2.58. The zero-order valence-electron chi connectivity index (χ0n) is 10.7. The Hall–Kier alpha value is -0.130. The molecule has 1 fully saturated rings. The minimum atomic E-state index is 0.153. The second-order valence-electron chi connectivity index (χ2n) is 5.33. The molecule has 17 heavy (non-hydrogen) atoms. The predicted octanol–water partition coefficient (Wildman–Crippen LogP) is 2.82. The lowest BCUT2D eigenvalue weighted by Gasteiger charge is -2.20. The molecule has 0 saturated carbocycles. The van der Waals surface area contributed by atoms with Gasteiger partial charge in [-0.25, -0.2) is 4.98 Å². The Morgan fingerprint density at radius 1 is 1.47 bits per heavy atom. The highest BCUT2D eigenvalue weighted by Crippen LogP contribution is 2.35. The third kappa shape index (κ3) is 4.23. The largest absolute Gasteiger partial charge is 0.344 e. The lowest BCUT2D eigenvalue weighted by atomic mass is 10.1. The summed E-state index contributed by atoms with van der Waals surface area (Å²) in [5, 5.41) is 4.02. The molecule has 1 aliphatic rings. The topological polar surface area (TPSA) is 40.7 Å². The smallest absolute Gasteiger partial charge is 0.120 e. The molecule has 0 radical (unpaired) electrons. The monoisotopic (exact) mass is 271 g/mol. The number of hydrogen-bond donors (Lipinski definition) is 2. The molecule has 0 aliphatic carbocycles. The van der Waals surface area contributed by atoms with E-state index in [1.54, 1.807) is 0 Å². The van der Waals surface area contributed by atoms with Crippen molar-refractivity contribution >= 4 is 23.5 Å². The van der Waals surface area contributed by atoms with Crippen LogP contribution in [0.5, 0.6) is 0 Å². The van der Waals surface area contributed by atoms with Crippen LogP contribution in [0.1, 0.15) is 37.5 Å². The summed E-state index contributed by atoms with van der Waals surface area (Å²) in [6.45, 7) is 7.40. The first kappa shape index (κ1) is 13.3. The SMILES string of the molecule is CC(C)(C)NCc1cnc(C2CSCCS2)[nH]1. The molecule has 5 heteroatoms. The predicted molar refractivity (Wildman–Crippen MR) is 77.7 cm³/mol. The summed E-state index contributed by atoms with van der Waals surface area (Å²) in [7, 11) is 0. The number of thioether (sulfide) groups is 2. The molecule has 1 saturated heterocycles. The molecule has 2 heterocycles. The van der Waals surface area contributed by atoms with E-state index in [4.69, 9.17) is 0 Å². The van der Waals surface area contributed by atoms with Crippen molar-refractivity contribution in [1.29, 1.82) is 0 Å². The third-order valence-corrected chi connectivity index (χ3v) is 5.34. The molecule has 3 nitrogen and oxygen atoms in total. The highest BCUT2D eigenvalue weighted by molar-refractivity contribution is 8.06. The molecule has 1 unspecified atom stereocenters. The zero-order valence-corrected chi connectivity index (χ0v) is 12.4. The number of aromatic amines is 1. The summed E-state index contributed by atoms with van der Waals surface area (Å²) in [5.41, 5.74) is 1.34. The zero-order chi connectivity index (χ0) is 12.3. The first-order chi connectivity index (χ1) is 8.04. The summed E-state index contributed by atoms with van der Waals surface area (Å²) < 4.78 is 0. The van der Waals surface area contributed by atoms with Gasteiger partial charge >= 0.3 is 0 Å². The maximum absolute atomic E-state index is 4.51. The van der Waals surface area contributed by atoms with Crippen LogP contribution in [-0.4, -0.2) is 32.8 Å². The first-order valence-corrected chi connectivity index (χ1v) is 8.23. The van der Waals surface area contributed by atoms with Crippen molar-refractivity contribution in [3.8, 4) is 0 Å². The summed E-state index contributed by atoms with van der Waals surface area (Å²) >= 11 is 4.05. The van der Waals surface area contributed by atoms with E-state index < -0.39 is 0 Å². The normalized spacial score (nSPS) is 21.7. The van der Waals surface area contributed by atoms with E-state index in [0.29, 0.717) is 5.25 Å². The summed E-state index contributed by atoms with van der Waals surface area (Å²) in [6, 6.07) is 0. The molecular weight excluding hydrogens is 250 g/mol. The van der Waals surface area contributed by atoms with Crippen LogP contribution >= 0.6 is 23.5 Å². The van der Waals surface area contributed by atoms with E-state index in [9.17, 15) is 0 Å². The maximum Gasteiger partial charge on any atom is 0.120 e. The molecule has 2 N–H and O–H groups in total. The van der Waals surface area contributed by atoms with Gasteiger partial charge in [-0.05, 0) is 20.8 Å². The summed E-state index contributed by atoms with van der Waals surface area (Å²) in [6.07, 6.45) is 1.97. The van der Waals surface area contributed by atoms with E-state index in [1.807, 2.05) is 29.7 Å². The first-order valence-electron chi connectivity index (χ1n) is 6.03. The van der Waals surface area contributed by atoms with E-state index in [-0.39, 0.29) is 5.54 Å². The van der Waals surface area contributed by atoms with Crippen LogP contribution in [0.25, 0.3) is 0 Å². The van der Waals surface area contributed by atoms with Crippen molar-refractivity contribution in [2.45, 2.75) is 38.1 Å². The van der Waals surface area contributed by atoms with Crippen LogP contribution in [0.2, 0.25) is 0 Å².